The zero-order chi connectivity index (χ0) is 15.6. The van der Waals surface area contributed by atoms with Gasteiger partial charge in [-0.25, -0.2) is 4.79 Å². The number of aliphatic carboxylic acids is 1. The number of aliphatic hydroxyl groups excluding tert-OH is 1. The van der Waals surface area contributed by atoms with Gasteiger partial charge in [-0.1, -0.05) is 11.8 Å². The summed E-state index contributed by atoms with van der Waals surface area (Å²) in [5.41, 5.74) is 0. The largest absolute Gasteiger partial charge is 0.480 e. The lowest BCUT2D eigenvalue weighted by Crippen LogP contribution is -2.40. The molecule has 21 heavy (non-hydrogen) atoms. The molecule has 116 valence electrons. The van der Waals surface area contributed by atoms with E-state index in [1.54, 1.807) is 0 Å². The van der Waals surface area contributed by atoms with E-state index in [0.29, 0.717) is 11.8 Å². The molecule has 1 amide bonds. The van der Waals surface area contributed by atoms with Crippen LogP contribution in [-0.2, 0) is 10.5 Å². The van der Waals surface area contributed by atoms with Crippen molar-refractivity contribution in [1.82, 2.24) is 4.90 Å². The molecule has 2 heterocycles. The van der Waals surface area contributed by atoms with E-state index >= 15 is 0 Å². The van der Waals surface area contributed by atoms with Crippen molar-refractivity contribution < 1.29 is 33.0 Å². The first-order valence-corrected chi connectivity index (χ1v) is 7.13. The predicted octanol–water partition coefficient (Wildman–Crippen LogP) is 1.40. The van der Waals surface area contributed by atoms with E-state index in [2.05, 4.69) is 0 Å². The maximum atomic E-state index is 12.2. The predicted molar refractivity (Wildman–Crippen MR) is 69.1 cm³/mol. The molecular weight excluding hydrogens is 308 g/mol. The normalized spacial score (nSPS) is 22.0. The lowest BCUT2D eigenvalue weighted by Gasteiger charge is -2.19. The molecule has 0 aliphatic carbocycles. The van der Waals surface area contributed by atoms with Crippen molar-refractivity contribution in [3.8, 4) is 0 Å². The van der Waals surface area contributed by atoms with Crippen LogP contribution >= 0.6 is 11.8 Å². The molecule has 2 atom stereocenters. The van der Waals surface area contributed by atoms with Gasteiger partial charge < -0.3 is 19.5 Å². The molecule has 1 aromatic rings. The molecule has 2 unspecified atom stereocenters. The highest BCUT2D eigenvalue weighted by Crippen LogP contribution is 2.24. The molecule has 0 radical (unpaired) electrons. The molecule has 9 heteroatoms. The van der Waals surface area contributed by atoms with Crippen LogP contribution in [0.4, 0.5) is 8.78 Å². The lowest BCUT2D eigenvalue weighted by molar-refractivity contribution is -0.141. The Labute approximate surface area is 122 Å². The number of amides is 1. The maximum Gasteiger partial charge on any atom is 0.326 e. The summed E-state index contributed by atoms with van der Waals surface area (Å²) in [7, 11) is 0. The van der Waals surface area contributed by atoms with Gasteiger partial charge in [0, 0.05) is 13.0 Å². The number of hydrogen-bond donors (Lipinski definition) is 2. The van der Waals surface area contributed by atoms with Crippen molar-refractivity contribution in [2.24, 2.45) is 0 Å². The number of carboxylic acids is 1. The number of hydrogen-bond acceptors (Lipinski definition) is 5. The summed E-state index contributed by atoms with van der Waals surface area (Å²) >= 11 is 0.361. The first-order chi connectivity index (χ1) is 9.88. The Balaban J connectivity index is 2.07. The van der Waals surface area contributed by atoms with E-state index in [9.17, 15) is 23.5 Å². The Kier molecular flexibility index (Phi) is 4.84. The number of carbonyl (C=O) groups excluding carboxylic acids is 1. The smallest absolute Gasteiger partial charge is 0.326 e. The number of rotatable bonds is 5. The van der Waals surface area contributed by atoms with Gasteiger partial charge >= 0.3 is 5.97 Å². The number of β-amino-alcohol motifs (C(OH)–C–C–N with tert-alkyl or cyclic N) is 1. The number of carboxylic acid groups (broad SMARTS) is 1. The Morgan fingerprint density at radius 3 is 2.81 bits per heavy atom. The topological polar surface area (TPSA) is 91.0 Å². The van der Waals surface area contributed by atoms with E-state index in [1.807, 2.05) is 0 Å². The van der Waals surface area contributed by atoms with Crippen LogP contribution in [0.3, 0.4) is 0 Å². The molecule has 1 aromatic heterocycles. The molecule has 0 aromatic carbocycles. The summed E-state index contributed by atoms with van der Waals surface area (Å²) in [6, 6.07) is 1.59. The summed E-state index contributed by atoms with van der Waals surface area (Å²) in [6.07, 6.45) is -0.950. The molecule has 2 N–H and O–H groups in total. The highest BCUT2D eigenvalue weighted by molar-refractivity contribution is 7.98. The summed E-state index contributed by atoms with van der Waals surface area (Å²) < 4.78 is 29.3. The Hall–Kier alpha value is -1.61. The van der Waals surface area contributed by atoms with Crippen LogP contribution < -0.4 is 0 Å². The Bertz CT molecular complexity index is 535. The number of thioether (sulfide) groups is 1. The second kappa shape index (κ2) is 6.44. The fraction of sp³-hybridized carbons (Fsp3) is 0.500. The first-order valence-electron chi connectivity index (χ1n) is 6.08. The third-order valence-corrected chi connectivity index (χ3v) is 3.75. The number of carbonyl (C=O) groups is 2. The molecular formula is C12H13F2NO5S. The number of alkyl halides is 2. The summed E-state index contributed by atoms with van der Waals surface area (Å²) in [5.74, 6) is -4.43. The van der Waals surface area contributed by atoms with Gasteiger partial charge in [0.05, 0.1) is 11.9 Å². The van der Waals surface area contributed by atoms with Crippen LogP contribution in [0.1, 0.15) is 22.7 Å². The molecule has 6 nitrogen and oxygen atoms in total. The van der Waals surface area contributed by atoms with Crippen molar-refractivity contribution in [3.63, 3.8) is 0 Å². The Morgan fingerprint density at radius 1 is 1.48 bits per heavy atom. The molecule has 1 aliphatic heterocycles. The number of likely N-dealkylation sites (tertiary alicyclic amines) is 1. The zero-order valence-corrected chi connectivity index (χ0v) is 11.6. The average molecular weight is 321 g/mol. The van der Waals surface area contributed by atoms with E-state index in [-0.39, 0.29) is 30.2 Å². The van der Waals surface area contributed by atoms with Gasteiger partial charge in [0.2, 0.25) is 0 Å². The van der Waals surface area contributed by atoms with Crippen LogP contribution in [-0.4, -0.2) is 51.4 Å². The molecule has 1 aliphatic rings. The molecule has 1 saturated heterocycles. The molecule has 0 bridgehead atoms. The fourth-order valence-corrected chi connectivity index (χ4v) is 2.57. The van der Waals surface area contributed by atoms with Gasteiger partial charge in [-0.3, -0.25) is 4.79 Å². The van der Waals surface area contributed by atoms with Crippen LogP contribution in [0.2, 0.25) is 0 Å². The van der Waals surface area contributed by atoms with Gasteiger partial charge in [0.15, 0.2) is 5.76 Å². The monoisotopic (exact) mass is 321 g/mol. The molecule has 0 spiro atoms. The van der Waals surface area contributed by atoms with Crippen molar-refractivity contribution in [1.29, 1.82) is 0 Å². The van der Waals surface area contributed by atoms with Crippen LogP contribution in [0.15, 0.2) is 16.5 Å². The van der Waals surface area contributed by atoms with Gasteiger partial charge in [0.25, 0.3) is 11.7 Å². The van der Waals surface area contributed by atoms with Crippen molar-refractivity contribution in [2.75, 3.05) is 6.54 Å². The second-order valence-corrected chi connectivity index (χ2v) is 5.52. The summed E-state index contributed by atoms with van der Waals surface area (Å²) in [5, 5.41) is 18.5. The minimum Gasteiger partial charge on any atom is -0.480 e. The Morgan fingerprint density at radius 2 is 2.19 bits per heavy atom. The highest BCUT2D eigenvalue weighted by Gasteiger charge is 2.40. The van der Waals surface area contributed by atoms with E-state index in [4.69, 9.17) is 9.52 Å². The third-order valence-electron chi connectivity index (χ3n) is 3.05. The minimum atomic E-state index is -2.54. The van der Waals surface area contributed by atoms with Crippen molar-refractivity contribution >= 4 is 23.6 Å². The van der Waals surface area contributed by atoms with Crippen LogP contribution in [0.5, 0.6) is 0 Å². The average Bonchev–Trinajstić information content (AvgIpc) is 3.02. The van der Waals surface area contributed by atoms with Crippen molar-refractivity contribution in [3.05, 3.63) is 23.7 Å². The number of halogens is 2. The number of furan rings is 1. The molecule has 0 saturated carbocycles. The van der Waals surface area contributed by atoms with Gasteiger partial charge in [0.1, 0.15) is 11.8 Å². The zero-order valence-electron chi connectivity index (χ0n) is 10.7. The van der Waals surface area contributed by atoms with Crippen molar-refractivity contribution in [2.45, 2.75) is 30.1 Å². The van der Waals surface area contributed by atoms with Crippen LogP contribution in [0, 0.1) is 0 Å². The summed E-state index contributed by atoms with van der Waals surface area (Å²) in [4.78, 5) is 24.2. The lowest BCUT2D eigenvalue weighted by atomic mass is 10.2. The summed E-state index contributed by atoms with van der Waals surface area (Å²) in [6.45, 7) is -0.0996. The third kappa shape index (κ3) is 3.73. The molecule has 2 rings (SSSR count). The SMILES string of the molecule is O=C(O)C1CC(O)CN1C(=O)c1ccc(CSC(F)F)o1. The van der Waals surface area contributed by atoms with E-state index in [1.165, 1.54) is 12.1 Å². The standard InChI is InChI=1S/C12H13F2NO5S/c13-12(14)21-5-7-1-2-9(20-7)10(17)15-4-6(16)3-8(15)11(18)19/h1-2,6,8,12,16H,3-5H2,(H,18,19). The van der Waals surface area contributed by atoms with Gasteiger partial charge in [-0.05, 0) is 12.1 Å². The maximum absolute atomic E-state index is 12.2. The highest BCUT2D eigenvalue weighted by atomic mass is 32.2. The minimum absolute atomic E-state index is 0.0458. The first kappa shape index (κ1) is 15.8. The number of nitrogens with zero attached hydrogens (tertiary/aromatic N) is 1. The second-order valence-electron chi connectivity index (χ2n) is 4.54. The van der Waals surface area contributed by atoms with E-state index in [0.717, 1.165) is 4.90 Å². The van der Waals surface area contributed by atoms with Crippen LogP contribution in [0.25, 0.3) is 0 Å². The van der Waals surface area contributed by atoms with Gasteiger partial charge in [-0.15, -0.1) is 0 Å². The van der Waals surface area contributed by atoms with E-state index < -0.39 is 29.8 Å². The fourth-order valence-electron chi connectivity index (χ4n) is 2.13. The van der Waals surface area contributed by atoms with Gasteiger partial charge in [-0.2, -0.15) is 8.78 Å². The quantitative estimate of drug-likeness (QED) is 0.852. The molecule has 1 fully saturated rings. The number of aliphatic hydroxyl groups is 1.